The lowest BCUT2D eigenvalue weighted by Crippen LogP contribution is -2.34. The third-order valence-corrected chi connectivity index (χ3v) is 3.98. The number of azo groups is 1. The van der Waals surface area contributed by atoms with Crippen molar-refractivity contribution in [3.8, 4) is 0 Å². The highest BCUT2D eigenvalue weighted by atomic mass is 32.1. The van der Waals surface area contributed by atoms with Crippen molar-refractivity contribution >= 4 is 40.3 Å². The number of nitrogens with zero attached hydrogens (tertiary/aromatic N) is 2. The van der Waals surface area contributed by atoms with Crippen LogP contribution in [0.5, 0.6) is 0 Å². The number of carbonyl (C=O) groups excluding carboxylic acids is 1. The Hall–Kier alpha value is -3.38. The number of aryl methyl sites for hydroxylation is 1. The highest BCUT2D eigenvalue weighted by Gasteiger charge is 2.10. The van der Waals surface area contributed by atoms with Crippen LogP contribution >= 0.6 is 12.2 Å². The van der Waals surface area contributed by atoms with Gasteiger partial charge in [0.15, 0.2) is 5.11 Å². The summed E-state index contributed by atoms with van der Waals surface area (Å²) >= 11 is 5.22. The molecule has 3 aromatic rings. The standard InChI is InChI=1S/C21H18N4OS/c1-15-7-5-6-10-19(15)20(26)23-21(27)22-16-11-13-18(14-12-16)25-24-17-8-3-2-4-9-17/h2-14H,1H3,(H2,22,23,26,27). The summed E-state index contributed by atoms with van der Waals surface area (Å²) in [5.41, 5.74) is 3.76. The van der Waals surface area contributed by atoms with Crippen LogP contribution in [0.3, 0.4) is 0 Å². The molecule has 3 aromatic carbocycles. The maximum Gasteiger partial charge on any atom is 0.257 e. The second-order valence-electron chi connectivity index (χ2n) is 5.81. The molecule has 0 aliphatic rings. The summed E-state index contributed by atoms with van der Waals surface area (Å²) in [5, 5.41) is 14.3. The van der Waals surface area contributed by atoms with Crippen molar-refractivity contribution in [3.63, 3.8) is 0 Å². The van der Waals surface area contributed by atoms with E-state index in [9.17, 15) is 4.79 Å². The SMILES string of the molecule is Cc1ccccc1C(=O)NC(=S)Nc1ccc(N=Nc2ccccc2)cc1. The zero-order valence-corrected chi connectivity index (χ0v) is 15.5. The quantitative estimate of drug-likeness (QED) is 0.466. The first-order valence-electron chi connectivity index (χ1n) is 8.36. The molecular weight excluding hydrogens is 356 g/mol. The highest BCUT2D eigenvalue weighted by Crippen LogP contribution is 2.20. The van der Waals surface area contributed by atoms with E-state index in [4.69, 9.17) is 12.2 Å². The Kier molecular flexibility index (Phi) is 6.02. The summed E-state index contributed by atoms with van der Waals surface area (Å²) in [6.45, 7) is 1.88. The van der Waals surface area contributed by atoms with Gasteiger partial charge in [0.25, 0.3) is 5.91 Å². The van der Waals surface area contributed by atoms with Crippen molar-refractivity contribution in [2.75, 3.05) is 5.32 Å². The first kappa shape index (κ1) is 18.4. The van der Waals surface area contributed by atoms with Gasteiger partial charge in [0.1, 0.15) is 0 Å². The minimum absolute atomic E-state index is 0.237. The molecule has 0 aromatic heterocycles. The van der Waals surface area contributed by atoms with Crippen LogP contribution in [0.15, 0.2) is 89.1 Å². The third kappa shape index (κ3) is 5.29. The van der Waals surface area contributed by atoms with Gasteiger partial charge in [0.05, 0.1) is 11.4 Å². The molecule has 6 heteroatoms. The molecule has 0 spiro atoms. The molecule has 3 rings (SSSR count). The molecule has 0 atom stereocenters. The highest BCUT2D eigenvalue weighted by molar-refractivity contribution is 7.80. The summed E-state index contributed by atoms with van der Waals surface area (Å²) in [5.74, 6) is -0.237. The zero-order chi connectivity index (χ0) is 19.1. The number of hydrogen-bond acceptors (Lipinski definition) is 4. The molecule has 0 radical (unpaired) electrons. The summed E-state index contributed by atoms with van der Waals surface area (Å²) in [7, 11) is 0. The van der Waals surface area contributed by atoms with E-state index in [1.165, 1.54) is 0 Å². The molecule has 1 amide bonds. The average Bonchev–Trinajstić information content (AvgIpc) is 2.68. The van der Waals surface area contributed by atoms with Gasteiger partial charge in [-0.25, -0.2) is 0 Å². The van der Waals surface area contributed by atoms with Crippen molar-refractivity contribution in [2.24, 2.45) is 10.2 Å². The zero-order valence-electron chi connectivity index (χ0n) is 14.7. The summed E-state index contributed by atoms with van der Waals surface area (Å²) < 4.78 is 0. The molecule has 0 bridgehead atoms. The van der Waals surface area contributed by atoms with Crippen LogP contribution in [0.2, 0.25) is 0 Å². The number of amides is 1. The van der Waals surface area contributed by atoms with E-state index in [1.807, 2.05) is 79.7 Å². The molecule has 0 fully saturated rings. The van der Waals surface area contributed by atoms with Crippen LogP contribution in [-0.2, 0) is 0 Å². The fourth-order valence-electron chi connectivity index (χ4n) is 2.38. The van der Waals surface area contributed by atoms with Gasteiger partial charge >= 0.3 is 0 Å². The van der Waals surface area contributed by atoms with Crippen molar-refractivity contribution in [1.82, 2.24) is 5.32 Å². The Balaban J connectivity index is 1.58. The lowest BCUT2D eigenvalue weighted by Gasteiger charge is -2.10. The van der Waals surface area contributed by atoms with Crippen LogP contribution in [0.1, 0.15) is 15.9 Å². The fourth-order valence-corrected chi connectivity index (χ4v) is 2.59. The average molecular weight is 374 g/mol. The Labute approximate surface area is 163 Å². The molecular formula is C21H18N4OS. The maximum atomic E-state index is 12.3. The first-order valence-corrected chi connectivity index (χ1v) is 8.77. The lowest BCUT2D eigenvalue weighted by molar-refractivity contribution is 0.0977. The first-order chi connectivity index (χ1) is 13.1. The minimum atomic E-state index is -0.237. The lowest BCUT2D eigenvalue weighted by atomic mass is 10.1. The molecule has 0 aliphatic carbocycles. The van der Waals surface area contributed by atoms with Crippen LogP contribution in [0, 0.1) is 6.92 Å². The van der Waals surface area contributed by atoms with E-state index in [0.29, 0.717) is 5.56 Å². The van der Waals surface area contributed by atoms with Gasteiger partial charge < -0.3 is 5.32 Å². The Morgan fingerprint density at radius 1 is 0.815 bits per heavy atom. The Morgan fingerprint density at radius 2 is 1.41 bits per heavy atom. The number of nitrogens with one attached hydrogen (secondary N) is 2. The smallest absolute Gasteiger partial charge is 0.257 e. The van der Waals surface area contributed by atoms with Gasteiger partial charge in [-0.05, 0) is 67.2 Å². The predicted octanol–water partition coefficient (Wildman–Crippen LogP) is 5.54. The second kappa shape index (κ2) is 8.82. The van der Waals surface area contributed by atoms with Crippen molar-refractivity contribution < 1.29 is 4.79 Å². The van der Waals surface area contributed by atoms with E-state index >= 15 is 0 Å². The predicted molar refractivity (Wildman–Crippen MR) is 112 cm³/mol. The minimum Gasteiger partial charge on any atom is -0.332 e. The van der Waals surface area contributed by atoms with Gasteiger partial charge in [0, 0.05) is 11.3 Å². The molecule has 0 saturated heterocycles. The largest absolute Gasteiger partial charge is 0.332 e. The van der Waals surface area contributed by atoms with Gasteiger partial charge in [-0.15, -0.1) is 0 Å². The summed E-state index contributed by atoms with van der Waals surface area (Å²) in [4.78, 5) is 12.3. The van der Waals surface area contributed by atoms with Crippen molar-refractivity contribution in [2.45, 2.75) is 6.92 Å². The van der Waals surface area contributed by atoms with Crippen LogP contribution in [0.25, 0.3) is 0 Å². The molecule has 0 heterocycles. The molecule has 27 heavy (non-hydrogen) atoms. The topological polar surface area (TPSA) is 65.8 Å². The molecule has 134 valence electrons. The maximum absolute atomic E-state index is 12.3. The summed E-state index contributed by atoms with van der Waals surface area (Å²) in [6, 6.07) is 24.2. The summed E-state index contributed by atoms with van der Waals surface area (Å²) in [6.07, 6.45) is 0. The number of anilines is 1. The monoisotopic (exact) mass is 374 g/mol. The Morgan fingerprint density at radius 3 is 2.07 bits per heavy atom. The van der Waals surface area contributed by atoms with Gasteiger partial charge in [-0.1, -0.05) is 36.4 Å². The molecule has 2 N–H and O–H groups in total. The van der Waals surface area contributed by atoms with E-state index in [-0.39, 0.29) is 11.0 Å². The number of rotatable bonds is 4. The molecule has 5 nitrogen and oxygen atoms in total. The van der Waals surface area contributed by atoms with E-state index in [2.05, 4.69) is 20.9 Å². The van der Waals surface area contributed by atoms with Crippen LogP contribution < -0.4 is 10.6 Å². The second-order valence-corrected chi connectivity index (χ2v) is 6.21. The van der Waals surface area contributed by atoms with E-state index in [0.717, 1.165) is 22.6 Å². The van der Waals surface area contributed by atoms with Crippen LogP contribution in [0.4, 0.5) is 17.1 Å². The van der Waals surface area contributed by atoms with E-state index in [1.54, 1.807) is 6.07 Å². The normalized spacial score (nSPS) is 10.6. The third-order valence-electron chi connectivity index (χ3n) is 3.78. The van der Waals surface area contributed by atoms with Gasteiger partial charge in [-0.2, -0.15) is 10.2 Å². The molecule has 0 aliphatic heterocycles. The molecule has 0 unspecified atom stereocenters. The number of benzene rings is 3. The van der Waals surface area contributed by atoms with Crippen LogP contribution in [-0.4, -0.2) is 11.0 Å². The van der Waals surface area contributed by atoms with E-state index < -0.39 is 0 Å². The van der Waals surface area contributed by atoms with Gasteiger partial charge in [-0.3, -0.25) is 10.1 Å². The van der Waals surface area contributed by atoms with Crippen molar-refractivity contribution in [1.29, 1.82) is 0 Å². The number of hydrogen-bond donors (Lipinski definition) is 2. The Bertz CT molecular complexity index is 969. The fraction of sp³-hybridized carbons (Fsp3) is 0.0476. The molecule has 0 saturated carbocycles. The van der Waals surface area contributed by atoms with Crippen molar-refractivity contribution in [3.05, 3.63) is 90.0 Å². The number of thiocarbonyl (C=S) groups is 1. The number of carbonyl (C=O) groups is 1. The van der Waals surface area contributed by atoms with Gasteiger partial charge in [0.2, 0.25) is 0 Å².